The molecular formula is C17H18ClN3O2. The summed E-state index contributed by atoms with van der Waals surface area (Å²) in [4.78, 5) is 18.4. The van der Waals surface area contributed by atoms with Crippen molar-refractivity contribution >= 4 is 23.2 Å². The number of benzene rings is 1. The summed E-state index contributed by atoms with van der Waals surface area (Å²) in [5.74, 6) is -0.00376. The summed E-state index contributed by atoms with van der Waals surface area (Å²) in [7, 11) is 0. The number of morpholine rings is 1. The van der Waals surface area contributed by atoms with Crippen LogP contribution in [-0.4, -0.2) is 42.1 Å². The van der Waals surface area contributed by atoms with E-state index < -0.39 is 0 Å². The second-order valence-electron chi connectivity index (χ2n) is 5.35. The predicted molar refractivity (Wildman–Crippen MR) is 89.7 cm³/mol. The Kier molecular flexibility index (Phi) is 5.10. The van der Waals surface area contributed by atoms with Gasteiger partial charge in [-0.1, -0.05) is 23.7 Å². The van der Waals surface area contributed by atoms with E-state index in [0.29, 0.717) is 43.4 Å². The second-order valence-corrected chi connectivity index (χ2v) is 5.78. The van der Waals surface area contributed by atoms with Gasteiger partial charge in [-0.25, -0.2) is 0 Å². The van der Waals surface area contributed by atoms with Crippen LogP contribution in [-0.2, 0) is 11.3 Å². The number of hydrogen-bond acceptors (Lipinski definition) is 4. The molecule has 3 rings (SSSR count). The number of pyridine rings is 1. The van der Waals surface area contributed by atoms with E-state index in [2.05, 4.69) is 10.3 Å². The Morgan fingerprint density at radius 3 is 2.70 bits per heavy atom. The van der Waals surface area contributed by atoms with Gasteiger partial charge in [-0.15, -0.1) is 0 Å². The molecule has 2 aromatic rings. The van der Waals surface area contributed by atoms with Gasteiger partial charge in [0, 0.05) is 37.1 Å². The van der Waals surface area contributed by atoms with Crippen LogP contribution in [0.15, 0.2) is 42.7 Å². The molecule has 1 aromatic heterocycles. The molecule has 0 aliphatic carbocycles. The maximum atomic E-state index is 12.5. The van der Waals surface area contributed by atoms with E-state index in [4.69, 9.17) is 16.3 Å². The number of carbonyl (C=O) groups excluding carboxylic acids is 1. The standard InChI is InChI=1S/C17H18ClN3O2/c18-15-3-1-13(2-4-15)10-20-16-9-14(11-19-12-16)17(22)21-5-7-23-8-6-21/h1-4,9,11-12,20H,5-8,10H2. The Hall–Kier alpha value is -2.11. The molecule has 0 bridgehead atoms. The molecule has 0 saturated carbocycles. The first-order chi connectivity index (χ1) is 11.2. The molecule has 0 radical (unpaired) electrons. The predicted octanol–water partition coefficient (Wildman–Crippen LogP) is 2.82. The van der Waals surface area contributed by atoms with Crippen LogP contribution < -0.4 is 5.32 Å². The normalized spacial score (nSPS) is 14.6. The number of aromatic nitrogens is 1. The maximum absolute atomic E-state index is 12.5. The van der Waals surface area contributed by atoms with Crippen LogP contribution in [0.3, 0.4) is 0 Å². The van der Waals surface area contributed by atoms with Gasteiger partial charge in [0.2, 0.25) is 0 Å². The Balaban J connectivity index is 1.64. The van der Waals surface area contributed by atoms with Crippen LogP contribution in [0, 0.1) is 0 Å². The van der Waals surface area contributed by atoms with Gasteiger partial charge in [-0.05, 0) is 23.8 Å². The van der Waals surface area contributed by atoms with Crippen LogP contribution in [0.25, 0.3) is 0 Å². The van der Waals surface area contributed by atoms with E-state index in [0.717, 1.165) is 11.3 Å². The van der Waals surface area contributed by atoms with Crippen molar-refractivity contribution in [3.8, 4) is 0 Å². The Morgan fingerprint density at radius 1 is 1.22 bits per heavy atom. The summed E-state index contributed by atoms with van der Waals surface area (Å²) in [6.07, 6.45) is 3.32. The number of carbonyl (C=O) groups is 1. The molecule has 23 heavy (non-hydrogen) atoms. The minimum Gasteiger partial charge on any atom is -0.380 e. The lowest BCUT2D eigenvalue weighted by atomic mass is 10.2. The number of ether oxygens (including phenoxy) is 1. The Bertz CT molecular complexity index is 670. The van der Waals surface area contributed by atoms with Gasteiger partial charge in [0.25, 0.3) is 5.91 Å². The van der Waals surface area contributed by atoms with E-state index in [1.165, 1.54) is 0 Å². The largest absolute Gasteiger partial charge is 0.380 e. The smallest absolute Gasteiger partial charge is 0.255 e. The minimum atomic E-state index is -0.00376. The van der Waals surface area contributed by atoms with Gasteiger partial charge < -0.3 is 15.0 Å². The lowest BCUT2D eigenvalue weighted by molar-refractivity contribution is 0.0302. The highest BCUT2D eigenvalue weighted by atomic mass is 35.5. The first-order valence-electron chi connectivity index (χ1n) is 7.53. The van der Waals surface area contributed by atoms with E-state index in [1.54, 1.807) is 17.3 Å². The SMILES string of the molecule is O=C(c1cncc(NCc2ccc(Cl)cc2)c1)N1CCOCC1. The highest BCUT2D eigenvalue weighted by molar-refractivity contribution is 6.30. The third-order valence-corrected chi connectivity index (χ3v) is 3.95. The van der Waals surface area contributed by atoms with Crippen molar-refractivity contribution in [2.45, 2.75) is 6.54 Å². The number of hydrogen-bond donors (Lipinski definition) is 1. The van der Waals surface area contributed by atoms with Crippen molar-refractivity contribution in [1.29, 1.82) is 0 Å². The topological polar surface area (TPSA) is 54.5 Å². The van der Waals surface area contributed by atoms with Crippen LogP contribution in [0.4, 0.5) is 5.69 Å². The van der Waals surface area contributed by atoms with Crippen LogP contribution in [0.5, 0.6) is 0 Å². The number of anilines is 1. The zero-order chi connectivity index (χ0) is 16.1. The van der Waals surface area contributed by atoms with Gasteiger partial charge in [-0.3, -0.25) is 9.78 Å². The van der Waals surface area contributed by atoms with Crippen molar-refractivity contribution in [3.05, 3.63) is 58.9 Å². The first-order valence-corrected chi connectivity index (χ1v) is 7.90. The number of halogens is 1. The van der Waals surface area contributed by atoms with E-state index in [9.17, 15) is 4.79 Å². The molecule has 120 valence electrons. The highest BCUT2D eigenvalue weighted by Gasteiger charge is 2.18. The summed E-state index contributed by atoms with van der Waals surface area (Å²) in [5, 5.41) is 3.99. The van der Waals surface area contributed by atoms with E-state index in [-0.39, 0.29) is 5.91 Å². The number of nitrogens with zero attached hydrogens (tertiary/aromatic N) is 2. The molecule has 2 heterocycles. The molecule has 0 unspecified atom stereocenters. The lowest BCUT2D eigenvalue weighted by Gasteiger charge is -2.26. The fraction of sp³-hybridized carbons (Fsp3) is 0.294. The molecule has 1 saturated heterocycles. The highest BCUT2D eigenvalue weighted by Crippen LogP contribution is 2.14. The van der Waals surface area contributed by atoms with Gasteiger partial charge in [0.1, 0.15) is 0 Å². The van der Waals surface area contributed by atoms with Crippen molar-refractivity contribution in [2.75, 3.05) is 31.6 Å². The van der Waals surface area contributed by atoms with Crippen molar-refractivity contribution in [3.63, 3.8) is 0 Å². The summed E-state index contributed by atoms with van der Waals surface area (Å²) < 4.78 is 5.27. The number of rotatable bonds is 4. The van der Waals surface area contributed by atoms with Crippen LogP contribution >= 0.6 is 11.6 Å². The second kappa shape index (κ2) is 7.44. The zero-order valence-electron chi connectivity index (χ0n) is 12.7. The van der Waals surface area contributed by atoms with Gasteiger partial charge >= 0.3 is 0 Å². The molecule has 1 N–H and O–H groups in total. The molecule has 1 aliphatic heterocycles. The van der Waals surface area contributed by atoms with Crippen molar-refractivity contribution in [1.82, 2.24) is 9.88 Å². The van der Waals surface area contributed by atoms with E-state index in [1.807, 2.05) is 30.3 Å². The van der Waals surface area contributed by atoms with Gasteiger partial charge in [0.05, 0.1) is 24.5 Å². The summed E-state index contributed by atoms with van der Waals surface area (Å²) in [5.41, 5.74) is 2.52. The number of nitrogens with one attached hydrogen (secondary N) is 1. The fourth-order valence-electron chi connectivity index (χ4n) is 2.41. The third kappa shape index (κ3) is 4.21. The quantitative estimate of drug-likeness (QED) is 0.936. The summed E-state index contributed by atoms with van der Waals surface area (Å²) in [6.45, 7) is 3.08. The molecule has 0 spiro atoms. The molecule has 1 aliphatic rings. The maximum Gasteiger partial charge on any atom is 0.255 e. The van der Waals surface area contributed by atoms with Gasteiger partial charge in [0.15, 0.2) is 0 Å². The molecular weight excluding hydrogens is 314 g/mol. The lowest BCUT2D eigenvalue weighted by Crippen LogP contribution is -2.40. The fourth-order valence-corrected chi connectivity index (χ4v) is 2.53. The molecule has 1 fully saturated rings. The van der Waals surface area contributed by atoms with E-state index >= 15 is 0 Å². The summed E-state index contributed by atoms with van der Waals surface area (Å²) >= 11 is 5.88. The average molecular weight is 332 g/mol. The third-order valence-electron chi connectivity index (χ3n) is 3.69. The van der Waals surface area contributed by atoms with Crippen molar-refractivity contribution in [2.24, 2.45) is 0 Å². The average Bonchev–Trinajstić information content (AvgIpc) is 2.61. The molecule has 5 nitrogen and oxygen atoms in total. The monoisotopic (exact) mass is 331 g/mol. The molecule has 1 amide bonds. The molecule has 1 aromatic carbocycles. The first kappa shape index (κ1) is 15.8. The molecule has 0 atom stereocenters. The van der Waals surface area contributed by atoms with Gasteiger partial charge in [-0.2, -0.15) is 0 Å². The zero-order valence-corrected chi connectivity index (χ0v) is 13.4. The van der Waals surface area contributed by atoms with Crippen molar-refractivity contribution < 1.29 is 9.53 Å². The number of amides is 1. The Morgan fingerprint density at radius 2 is 1.96 bits per heavy atom. The molecule has 6 heteroatoms. The van der Waals surface area contributed by atoms with Crippen LogP contribution in [0.2, 0.25) is 5.02 Å². The summed E-state index contributed by atoms with van der Waals surface area (Å²) in [6, 6.07) is 9.47. The minimum absolute atomic E-state index is 0.00376. The Labute approximate surface area is 140 Å². The van der Waals surface area contributed by atoms with Crippen LogP contribution in [0.1, 0.15) is 15.9 Å².